The summed E-state index contributed by atoms with van der Waals surface area (Å²) < 4.78 is 21.9. The summed E-state index contributed by atoms with van der Waals surface area (Å²) >= 11 is 0. The van der Waals surface area contributed by atoms with Crippen LogP contribution in [0, 0.1) is 23.7 Å². The van der Waals surface area contributed by atoms with Gasteiger partial charge in [0.05, 0.1) is 0 Å². The van der Waals surface area contributed by atoms with Gasteiger partial charge in [-0.1, -0.05) is 23.7 Å². The Morgan fingerprint density at radius 3 is 1.68 bits per heavy atom. The Balaban J connectivity index is 1.50. The van der Waals surface area contributed by atoms with Crippen LogP contribution in [0.2, 0.25) is 0 Å². The van der Waals surface area contributed by atoms with E-state index >= 15 is 0 Å². The molecule has 22 heavy (non-hydrogen) atoms. The highest BCUT2D eigenvalue weighted by Gasteiger charge is 2.13. The van der Waals surface area contributed by atoms with Crippen molar-refractivity contribution in [2.24, 2.45) is 0 Å². The Morgan fingerprint density at radius 1 is 0.773 bits per heavy atom. The largest absolute Gasteiger partial charge is 0.353 e. The summed E-state index contributed by atoms with van der Waals surface area (Å²) in [5.41, 5.74) is 0. The third-order valence-corrected chi connectivity index (χ3v) is 3.41. The fourth-order valence-corrected chi connectivity index (χ4v) is 2.24. The molecule has 0 aliphatic carbocycles. The molecule has 2 aliphatic rings. The average molecular weight is 304 g/mol. The average Bonchev–Trinajstić information content (AvgIpc) is 2.58. The van der Waals surface area contributed by atoms with E-state index in [9.17, 15) is 0 Å². The summed E-state index contributed by atoms with van der Waals surface area (Å²) in [5.74, 6) is 11.6. The Bertz CT molecular complexity index is 395. The first kappa shape index (κ1) is 17.1. The molecule has 120 valence electrons. The van der Waals surface area contributed by atoms with E-state index in [1.165, 1.54) is 12.8 Å². The van der Waals surface area contributed by atoms with Crippen molar-refractivity contribution in [3.05, 3.63) is 12.2 Å². The van der Waals surface area contributed by atoms with Crippen molar-refractivity contribution < 1.29 is 18.9 Å². The Hall–Kier alpha value is -1.30. The number of hydrogen-bond donors (Lipinski definition) is 0. The van der Waals surface area contributed by atoms with Gasteiger partial charge in [-0.2, -0.15) is 0 Å². The van der Waals surface area contributed by atoms with Gasteiger partial charge in [-0.15, -0.1) is 0 Å². The third-order valence-electron chi connectivity index (χ3n) is 3.41. The molecule has 0 aromatic carbocycles. The molecule has 0 amide bonds. The van der Waals surface area contributed by atoms with Crippen molar-refractivity contribution in [2.75, 3.05) is 26.4 Å². The van der Waals surface area contributed by atoms with Crippen molar-refractivity contribution in [1.29, 1.82) is 0 Å². The first-order valence-electron chi connectivity index (χ1n) is 8.03. The summed E-state index contributed by atoms with van der Waals surface area (Å²) in [6, 6.07) is 0. The van der Waals surface area contributed by atoms with Crippen LogP contribution in [0.15, 0.2) is 12.2 Å². The fraction of sp³-hybridized carbons (Fsp3) is 0.667. The highest BCUT2D eigenvalue weighted by atomic mass is 16.7. The molecule has 2 fully saturated rings. The van der Waals surface area contributed by atoms with E-state index in [0.29, 0.717) is 13.2 Å². The molecule has 2 unspecified atom stereocenters. The highest BCUT2D eigenvalue weighted by molar-refractivity contribution is 5.24. The standard InChI is InChI=1S/C18H24O4/c1(3-7-13-19-17-11-5-9-15-21-17)2-4-8-14-20-18-12-6-10-16-22-18/h1-2,17-18H,5-6,9-16H2/b2-1-. The van der Waals surface area contributed by atoms with E-state index < -0.39 is 0 Å². The molecule has 0 bridgehead atoms. The lowest BCUT2D eigenvalue weighted by molar-refractivity contribution is -0.154. The zero-order valence-corrected chi connectivity index (χ0v) is 13.0. The molecule has 0 spiro atoms. The first-order valence-corrected chi connectivity index (χ1v) is 8.03. The first-order chi connectivity index (χ1) is 10.9. The number of allylic oxidation sites excluding steroid dienone is 2. The highest BCUT2D eigenvalue weighted by Crippen LogP contribution is 2.13. The molecule has 4 heteroatoms. The van der Waals surface area contributed by atoms with E-state index in [-0.39, 0.29) is 12.6 Å². The van der Waals surface area contributed by atoms with Crippen LogP contribution in [0.1, 0.15) is 38.5 Å². The minimum atomic E-state index is -0.0778. The van der Waals surface area contributed by atoms with Crippen LogP contribution in [-0.4, -0.2) is 39.0 Å². The predicted octanol–water partition coefficient (Wildman–Crippen LogP) is 2.64. The molecular formula is C18H24O4. The van der Waals surface area contributed by atoms with E-state index in [0.717, 1.165) is 38.9 Å². The molecule has 2 aliphatic heterocycles. The summed E-state index contributed by atoms with van der Waals surface area (Å²) in [6.07, 6.45) is 9.80. The molecule has 0 N–H and O–H groups in total. The van der Waals surface area contributed by atoms with Crippen LogP contribution in [0.3, 0.4) is 0 Å². The number of rotatable bonds is 4. The van der Waals surface area contributed by atoms with Gasteiger partial charge < -0.3 is 18.9 Å². The van der Waals surface area contributed by atoms with E-state index in [1.807, 2.05) is 0 Å². The van der Waals surface area contributed by atoms with Crippen molar-refractivity contribution >= 4 is 0 Å². The van der Waals surface area contributed by atoms with Gasteiger partial charge in [-0.3, -0.25) is 0 Å². The molecule has 0 radical (unpaired) electrons. The Kier molecular flexibility index (Phi) is 8.76. The van der Waals surface area contributed by atoms with Crippen molar-refractivity contribution in [1.82, 2.24) is 0 Å². The van der Waals surface area contributed by atoms with Crippen LogP contribution in [-0.2, 0) is 18.9 Å². The van der Waals surface area contributed by atoms with Crippen LogP contribution >= 0.6 is 0 Å². The SMILES string of the molecule is C(#CCOC1CCCCO1)/C=C\C#CCOC1CCCCO1. The molecule has 4 nitrogen and oxygen atoms in total. The lowest BCUT2D eigenvalue weighted by Crippen LogP contribution is -2.22. The molecule has 0 aromatic rings. The molecule has 2 saturated heterocycles. The lowest BCUT2D eigenvalue weighted by atomic mass is 10.2. The van der Waals surface area contributed by atoms with Crippen molar-refractivity contribution in [2.45, 2.75) is 51.1 Å². The molecular weight excluding hydrogens is 280 g/mol. The second kappa shape index (κ2) is 11.3. The van der Waals surface area contributed by atoms with Crippen molar-refractivity contribution in [3.63, 3.8) is 0 Å². The van der Waals surface area contributed by atoms with Gasteiger partial charge >= 0.3 is 0 Å². The lowest BCUT2D eigenvalue weighted by Gasteiger charge is -2.21. The second-order valence-electron chi connectivity index (χ2n) is 5.19. The predicted molar refractivity (Wildman–Crippen MR) is 83.8 cm³/mol. The molecule has 0 saturated carbocycles. The van der Waals surface area contributed by atoms with Crippen LogP contribution in [0.4, 0.5) is 0 Å². The zero-order chi connectivity index (χ0) is 15.3. The summed E-state index contributed by atoms with van der Waals surface area (Å²) in [4.78, 5) is 0. The van der Waals surface area contributed by atoms with Crippen LogP contribution in [0.25, 0.3) is 0 Å². The minimum Gasteiger partial charge on any atom is -0.353 e. The smallest absolute Gasteiger partial charge is 0.158 e. The second-order valence-corrected chi connectivity index (χ2v) is 5.19. The van der Waals surface area contributed by atoms with E-state index in [1.54, 1.807) is 12.2 Å². The molecule has 2 atom stereocenters. The topological polar surface area (TPSA) is 36.9 Å². The van der Waals surface area contributed by atoms with Crippen molar-refractivity contribution in [3.8, 4) is 23.7 Å². The fourth-order valence-electron chi connectivity index (χ4n) is 2.24. The van der Waals surface area contributed by atoms with Gasteiger partial charge in [0.25, 0.3) is 0 Å². The van der Waals surface area contributed by atoms with Gasteiger partial charge in [0.1, 0.15) is 13.2 Å². The zero-order valence-electron chi connectivity index (χ0n) is 13.0. The van der Waals surface area contributed by atoms with E-state index in [2.05, 4.69) is 23.7 Å². The minimum absolute atomic E-state index is 0.0778. The van der Waals surface area contributed by atoms with E-state index in [4.69, 9.17) is 18.9 Å². The van der Waals surface area contributed by atoms with Gasteiger partial charge in [0, 0.05) is 13.2 Å². The summed E-state index contributed by atoms with van der Waals surface area (Å²) in [5, 5.41) is 0. The Morgan fingerprint density at radius 2 is 1.27 bits per heavy atom. The van der Waals surface area contributed by atoms with Gasteiger partial charge in [-0.25, -0.2) is 0 Å². The number of hydrogen-bond acceptors (Lipinski definition) is 4. The van der Waals surface area contributed by atoms with Gasteiger partial charge in [0.2, 0.25) is 0 Å². The van der Waals surface area contributed by atoms with Crippen LogP contribution < -0.4 is 0 Å². The molecule has 2 rings (SSSR count). The normalized spacial score (nSPS) is 25.1. The summed E-state index contributed by atoms with van der Waals surface area (Å²) in [6.45, 7) is 2.37. The maximum Gasteiger partial charge on any atom is 0.158 e. The number of ether oxygens (including phenoxy) is 4. The Labute approximate surface area is 133 Å². The quantitative estimate of drug-likeness (QED) is 0.748. The van der Waals surface area contributed by atoms with Crippen LogP contribution in [0.5, 0.6) is 0 Å². The maximum atomic E-state index is 5.50. The monoisotopic (exact) mass is 304 g/mol. The van der Waals surface area contributed by atoms with Gasteiger partial charge in [0.15, 0.2) is 12.6 Å². The molecule has 0 aromatic heterocycles. The molecule has 2 heterocycles. The maximum absolute atomic E-state index is 5.50. The summed E-state index contributed by atoms with van der Waals surface area (Å²) in [7, 11) is 0. The third kappa shape index (κ3) is 7.64. The van der Waals surface area contributed by atoms with Gasteiger partial charge in [-0.05, 0) is 50.7 Å².